The Morgan fingerprint density at radius 1 is 1.16 bits per heavy atom. The van der Waals surface area contributed by atoms with Crippen molar-refractivity contribution in [3.05, 3.63) is 59.7 Å². The van der Waals surface area contributed by atoms with Gasteiger partial charge in [0.2, 0.25) is 0 Å². The molecule has 98 valence electrons. The molecule has 19 heavy (non-hydrogen) atoms. The highest BCUT2D eigenvalue weighted by atomic mass is 16.5. The van der Waals surface area contributed by atoms with Crippen molar-refractivity contribution in [2.24, 2.45) is 0 Å². The molecule has 0 atom stereocenters. The van der Waals surface area contributed by atoms with E-state index in [1.807, 2.05) is 25.1 Å². The van der Waals surface area contributed by atoms with Gasteiger partial charge in [0, 0.05) is 6.42 Å². The number of carbonyl (C=O) groups excluding carboxylic acids is 1. The van der Waals surface area contributed by atoms with Crippen molar-refractivity contribution in [1.29, 1.82) is 0 Å². The van der Waals surface area contributed by atoms with Gasteiger partial charge in [-0.15, -0.1) is 0 Å². The Kier molecular flexibility index (Phi) is 4.18. The SMILES string of the molecule is Cc1cccc(OC(=O)CCc2ccc(O)cc2)c1. The second-order valence-electron chi connectivity index (χ2n) is 4.46. The Morgan fingerprint density at radius 2 is 1.89 bits per heavy atom. The standard InChI is InChI=1S/C16H16O3/c1-12-3-2-4-15(11-12)19-16(18)10-7-13-5-8-14(17)9-6-13/h2-6,8-9,11,17H,7,10H2,1H3. The van der Waals surface area contributed by atoms with Crippen LogP contribution in [0.4, 0.5) is 0 Å². The van der Waals surface area contributed by atoms with Crippen LogP contribution >= 0.6 is 0 Å². The van der Waals surface area contributed by atoms with E-state index in [4.69, 9.17) is 9.84 Å². The van der Waals surface area contributed by atoms with E-state index < -0.39 is 0 Å². The van der Waals surface area contributed by atoms with Crippen molar-refractivity contribution in [3.63, 3.8) is 0 Å². The van der Waals surface area contributed by atoms with Crippen LogP contribution in [0.15, 0.2) is 48.5 Å². The number of phenols is 1. The quantitative estimate of drug-likeness (QED) is 0.674. The fourth-order valence-electron chi connectivity index (χ4n) is 1.77. The molecule has 0 heterocycles. The normalized spacial score (nSPS) is 10.2. The van der Waals surface area contributed by atoms with Gasteiger partial charge in [0.1, 0.15) is 11.5 Å². The first-order chi connectivity index (χ1) is 9.13. The molecule has 0 fully saturated rings. The third-order valence-corrected chi connectivity index (χ3v) is 2.78. The van der Waals surface area contributed by atoms with E-state index in [1.54, 1.807) is 30.3 Å². The van der Waals surface area contributed by atoms with E-state index in [0.29, 0.717) is 18.6 Å². The molecule has 0 aliphatic heterocycles. The average Bonchev–Trinajstić information content (AvgIpc) is 2.38. The van der Waals surface area contributed by atoms with E-state index in [0.717, 1.165) is 11.1 Å². The van der Waals surface area contributed by atoms with Crippen molar-refractivity contribution >= 4 is 5.97 Å². The number of ether oxygens (including phenoxy) is 1. The lowest BCUT2D eigenvalue weighted by atomic mass is 10.1. The van der Waals surface area contributed by atoms with Crippen molar-refractivity contribution in [3.8, 4) is 11.5 Å². The zero-order valence-corrected chi connectivity index (χ0v) is 10.8. The lowest BCUT2D eigenvalue weighted by Crippen LogP contribution is -2.09. The molecule has 0 radical (unpaired) electrons. The smallest absolute Gasteiger partial charge is 0.311 e. The lowest BCUT2D eigenvalue weighted by molar-refractivity contribution is -0.134. The fraction of sp³-hybridized carbons (Fsp3) is 0.188. The summed E-state index contributed by atoms with van der Waals surface area (Å²) in [5, 5.41) is 9.16. The average molecular weight is 256 g/mol. The Balaban J connectivity index is 1.86. The molecule has 0 unspecified atom stereocenters. The Bertz CT molecular complexity index is 558. The molecule has 3 heteroatoms. The molecular formula is C16H16O3. The number of aromatic hydroxyl groups is 1. The molecule has 2 aromatic rings. The van der Waals surface area contributed by atoms with Gasteiger partial charge in [0.15, 0.2) is 0 Å². The lowest BCUT2D eigenvalue weighted by Gasteiger charge is -2.05. The number of hydrogen-bond donors (Lipinski definition) is 1. The summed E-state index contributed by atoms with van der Waals surface area (Å²) in [4.78, 5) is 11.7. The maximum Gasteiger partial charge on any atom is 0.311 e. The molecule has 3 nitrogen and oxygen atoms in total. The summed E-state index contributed by atoms with van der Waals surface area (Å²) in [5.74, 6) is 0.556. The zero-order chi connectivity index (χ0) is 13.7. The number of esters is 1. The van der Waals surface area contributed by atoms with Crippen LogP contribution in [0.2, 0.25) is 0 Å². The largest absolute Gasteiger partial charge is 0.508 e. The predicted octanol–water partition coefficient (Wildman–Crippen LogP) is 3.24. The topological polar surface area (TPSA) is 46.5 Å². The summed E-state index contributed by atoms with van der Waals surface area (Å²) in [6.07, 6.45) is 0.920. The first-order valence-electron chi connectivity index (χ1n) is 6.19. The number of aryl methyl sites for hydroxylation is 2. The molecule has 0 saturated heterocycles. The minimum atomic E-state index is -0.251. The molecule has 0 saturated carbocycles. The van der Waals surface area contributed by atoms with E-state index >= 15 is 0 Å². The van der Waals surface area contributed by atoms with Gasteiger partial charge >= 0.3 is 5.97 Å². The second-order valence-corrected chi connectivity index (χ2v) is 4.46. The predicted molar refractivity (Wildman–Crippen MR) is 73.2 cm³/mol. The first-order valence-corrected chi connectivity index (χ1v) is 6.19. The van der Waals surface area contributed by atoms with Crippen molar-refractivity contribution in [1.82, 2.24) is 0 Å². The van der Waals surface area contributed by atoms with E-state index in [9.17, 15) is 4.79 Å². The zero-order valence-electron chi connectivity index (χ0n) is 10.8. The number of carbonyl (C=O) groups is 1. The molecule has 0 aliphatic carbocycles. The van der Waals surface area contributed by atoms with Crippen LogP contribution in [-0.4, -0.2) is 11.1 Å². The maximum absolute atomic E-state index is 11.7. The van der Waals surface area contributed by atoms with Gasteiger partial charge in [-0.3, -0.25) is 4.79 Å². The number of benzene rings is 2. The molecule has 0 bridgehead atoms. The Hall–Kier alpha value is -2.29. The van der Waals surface area contributed by atoms with Gasteiger partial charge in [-0.05, 0) is 48.7 Å². The third-order valence-electron chi connectivity index (χ3n) is 2.78. The number of rotatable bonds is 4. The van der Waals surface area contributed by atoms with Gasteiger partial charge in [-0.25, -0.2) is 0 Å². The summed E-state index contributed by atoms with van der Waals surface area (Å²) in [6, 6.07) is 14.2. The van der Waals surface area contributed by atoms with Gasteiger partial charge in [0.05, 0.1) is 0 Å². The highest BCUT2D eigenvalue weighted by Crippen LogP contribution is 2.15. The van der Waals surface area contributed by atoms with Gasteiger partial charge in [0.25, 0.3) is 0 Å². The molecule has 0 aliphatic rings. The summed E-state index contributed by atoms with van der Waals surface area (Å²) in [7, 11) is 0. The summed E-state index contributed by atoms with van der Waals surface area (Å²) in [6.45, 7) is 1.95. The molecule has 2 aromatic carbocycles. The monoisotopic (exact) mass is 256 g/mol. The first kappa shape index (κ1) is 13.1. The maximum atomic E-state index is 11.7. The van der Waals surface area contributed by atoms with Crippen LogP contribution in [0, 0.1) is 6.92 Å². The molecule has 0 amide bonds. The number of hydrogen-bond acceptors (Lipinski definition) is 3. The van der Waals surface area contributed by atoms with Crippen LogP contribution in [0.5, 0.6) is 11.5 Å². The van der Waals surface area contributed by atoms with Gasteiger partial charge in [-0.2, -0.15) is 0 Å². The molecular weight excluding hydrogens is 240 g/mol. The van der Waals surface area contributed by atoms with Crippen molar-refractivity contribution in [2.45, 2.75) is 19.8 Å². The molecule has 1 N–H and O–H groups in total. The number of phenolic OH excluding ortho intramolecular Hbond substituents is 1. The van der Waals surface area contributed by atoms with Crippen molar-refractivity contribution in [2.75, 3.05) is 0 Å². The minimum Gasteiger partial charge on any atom is -0.508 e. The van der Waals surface area contributed by atoms with Crippen LogP contribution < -0.4 is 4.74 Å². The Labute approximate surface area is 112 Å². The minimum absolute atomic E-state index is 0.228. The third kappa shape index (κ3) is 4.14. The second kappa shape index (κ2) is 6.05. The van der Waals surface area contributed by atoms with E-state index in [-0.39, 0.29) is 11.7 Å². The highest BCUT2D eigenvalue weighted by molar-refractivity contribution is 5.72. The van der Waals surface area contributed by atoms with Crippen LogP contribution in [-0.2, 0) is 11.2 Å². The van der Waals surface area contributed by atoms with Crippen LogP contribution in [0.1, 0.15) is 17.5 Å². The molecule has 2 rings (SSSR count). The molecule has 0 spiro atoms. The van der Waals surface area contributed by atoms with Gasteiger partial charge in [-0.1, -0.05) is 24.3 Å². The summed E-state index contributed by atoms with van der Waals surface area (Å²) < 4.78 is 5.25. The van der Waals surface area contributed by atoms with E-state index in [1.165, 1.54) is 0 Å². The summed E-state index contributed by atoms with van der Waals surface area (Å²) >= 11 is 0. The van der Waals surface area contributed by atoms with Crippen LogP contribution in [0.25, 0.3) is 0 Å². The van der Waals surface area contributed by atoms with Crippen molar-refractivity contribution < 1.29 is 14.6 Å². The van der Waals surface area contributed by atoms with E-state index in [2.05, 4.69) is 0 Å². The van der Waals surface area contributed by atoms with Gasteiger partial charge < -0.3 is 9.84 Å². The van der Waals surface area contributed by atoms with Crippen LogP contribution in [0.3, 0.4) is 0 Å². The summed E-state index contributed by atoms with van der Waals surface area (Å²) in [5.41, 5.74) is 2.06. The highest BCUT2D eigenvalue weighted by Gasteiger charge is 2.05. The Morgan fingerprint density at radius 3 is 2.58 bits per heavy atom. The fourth-order valence-corrected chi connectivity index (χ4v) is 1.77. The molecule has 0 aromatic heterocycles.